The molecule has 0 aliphatic carbocycles. The minimum absolute atomic E-state index is 0.363. The smallest absolute Gasteiger partial charge is 0.304 e. The van der Waals surface area contributed by atoms with E-state index < -0.39 is 27.3 Å². The van der Waals surface area contributed by atoms with Crippen molar-refractivity contribution in [2.75, 3.05) is 0 Å². The van der Waals surface area contributed by atoms with Crippen molar-refractivity contribution in [2.24, 2.45) is 0 Å². The second-order valence-electron chi connectivity index (χ2n) is 3.04. The molecule has 1 aliphatic heterocycles. The van der Waals surface area contributed by atoms with E-state index in [-0.39, 0.29) is 12.8 Å². The molecule has 1 aliphatic rings. The van der Waals surface area contributed by atoms with Crippen LogP contribution >= 0.6 is 22.6 Å². The van der Waals surface area contributed by atoms with Gasteiger partial charge in [-0.05, 0) is 0 Å². The lowest BCUT2D eigenvalue weighted by molar-refractivity contribution is -0.140. The SMILES string of the molecule is O=C(O)CC(I)C1(O)CC(=O)NC1=O. The van der Waals surface area contributed by atoms with Crippen LogP contribution in [0.4, 0.5) is 0 Å². The van der Waals surface area contributed by atoms with Gasteiger partial charge < -0.3 is 10.2 Å². The molecule has 78 valence electrons. The number of amides is 2. The number of halogens is 1. The predicted molar refractivity (Wildman–Crippen MR) is 52.8 cm³/mol. The van der Waals surface area contributed by atoms with Gasteiger partial charge in [0.15, 0.2) is 5.60 Å². The summed E-state index contributed by atoms with van der Waals surface area (Å²) in [5, 5.41) is 20.2. The van der Waals surface area contributed by atoms with Gasteiger partial charge in [0.2, 0.25) is 5.91 Å². The summed E-state index contributed by atoms with van der Waals surface area (Å²) < 4.78 is -0.816. The van der Waals surface area contributed by atoms with Crippen LogP contribution in [0, 0.1) is 0 Å². The molecule has 2 unspecified atom stereocenters. The maximum absolute atomic E-state index is 11.1. The van der Waals surface area contributed by atoms with Gasteiger partial charge in [-0.15, -0.1) is 0 Å². The van der Waals surface area contributed by atoms with E-state index in [2.05, 4.69) is 0 Å². The first kappa shape index (κ1) is 11.4. The second kappa shape index (κ2) is 3.81. The van der Waals surface area contributed by atoms with Crippen LogP contribution in [0.25, 0.3) is 0 Å². The Morgan fingerprint density at radius 3 is 2.57 bits per heavy atom. The molecule has 0 aromatic rings. The highest BCUT2D eigenvalue weighted by Crippen LogP contribution is 2.29. The van der Waals surface area contributed by atoms with E-state index in [4.69, 9.17) is 5.11 Å². The highest BCUT2D eigenvalue weighted by molar-refractivity contribution is 14.1. The Hall–Kier alpha value is -0.700. The van der Waals surface area contributed by atoms with Crippen molar-refractivity contribution in [2.45, 2.75) is 22.4 Å². The van der Waals surface area contributed by atoms with Crippen LogP contribution in [0.5, 0.6) is 0 Å². The van der Waals surface area contributed by atoms with Gasteiger partial charge in [-0.1, -0.05) is 22.6 Å². The molecule has 14 heavy (non-hydrogen) atoms. The topological polar surface area (TPSA) is 104 Å². The van der Waals surface area contributed by atoms with Crippen molar-refractivity contribution < 1.29 is 24.6 Å². The minimum Gasteiger partial charge on any atom is -0.481 e. The first-order valence-corrected chi connectivity index (χ1v) is 5.03. The molecule has 0 spiro atoms. The third-order valence-electron chi connectivity index (χ3n) is 1.95. The maximum atomic E-state index is 11.1. The molecular formula is C7H8INO5. The zero-order valence-corrected chi connectivity index (χ0v) is 9.15. The molecular weight excluding hydrogens is 305 g/mol. The van der Waals surface area contributed by atoms with E-state index in [1.54, 1.807) is 22.6 Å². The number of carboxylic acid groups (broad SMARTS) is 1. The second-order valence-corrected chi connectivity index (χ2v) is 4.55. The minimum atomic E-state index is -1.88. The number of aliphatic carboxylic acids is 1. The van der Waals surface area contributed by atoms with Gasteiger partial charge in [0.1, 0.15) is 0 Å². The molecule has 1 saturated heterocycles. The molecule has 7 heteroatoms. The van der Waals surface area contributed by atoms with Crippen molar-refractivity contribution in [3.63, 3.8) is 0 Å². The average molecular weight is 313 g/mol. The van der Waals surface area contributed by atoms with E-state index in [0.717, 1.165) is 0 Å². The number of aliphatic hydroxyl groups is 1. The van der Waals surface area contributed by atoms with Crippen molar-refractivity contribution in [3.8, 4) is 0 Å². The molecule has 0 radical (unpaired) electrons. The number of alkyl halides is 1. The number of carbonyl (C=O) groups excluding carboxylic acids is 2. The quantitative estimate of drug-likeness (QED) is 0.354. The summed E-state index contributed by atoms with van der Waals surface area (Å²) in [6.45, 7) is 0. The largest absolute Gasteiger partial charge is 0.481 e. The van der Waals surface area contributed by atoms with Gasteiger partial charge in [-0.3, -0.25) is 19.7 Å². The average Bonchev–Trinajstić information content (AvgIpc) is 2.25. The third-order valence-corrected chi connectivity index (χ3v) is 3.42. The summed E-state index contributed by atoms with van der Waals surface area (Å²) in [7, 11) is 0. The van der Waals surface area contributed by atoms with Crippen molar-refractivity contribution in [1.82, 2.24) is 5.32 Å². The predicted octanol–water partition coefficient (Wildman–Crippen LogP) is -0.958. The van der Waals surface area contributed by atoms with E-state index in [1.165, 1.54) is 0 Å². The molecule has 6 nitrogen and oxygen atoms in total. The summed E-state index contributed by atoms with van der Waals surface area (Å²) >= 11 is 1.66. The van der Waals surface area contributed by atoms with E-state index in [1.807, 2.05) is 5.32 Å². The van der Waals surface area contributed by atoms with Gasteiger partial charge in [0.25, 0.3) is 5.91 Å². The molecule has 2 atom stereocenters. The van der Waals surface area contributed by atoms with Crippen LogP contribution in [-0.4, -0.2) is 37.5 Å². The molecule has 0 aromatic heterocycles. The summed E-state index contributed by atoms with van der Waals surface area (Å²) in [6.07, 6.45) is -0.732. The summed E-state index contributed by atoms with van der Waals surface area (Å²) in [5.74, 6) is -2.52. The number of rotatable bonds is 3. The Labute approximate surface area is 92.8 Å². The van der Waals surface area contributed by atoms with Gasteiger partial charge in [-0.25, -0.2) is 0 Å². The zero-order chi connectivity index (χ0) is 10.9. The van der Waals surface area contributed by atoms with Crippen LogP contribution in [0.1, 0.15) is 12.8 Å². The van der Waals surface area contributed by atoms with Crippen molar-refractivity contribution in [3.05, 3.63) is 0 Å². The Morgan fingerprint density at radius 1 is 1.64 bits per heavy atom. The number of imide groups is 1. The van der Waals surface area contributed by atoms with Gasteiger partial charge in [0.05, 0.1) is 16.8 Å². The fourth-order valence-corrected chi connectivity index (χ4v) is 2.06. The normalized spacial score (nSPS) is 28.7. The van der Waals surface area contributed by atoms with Gasteiger partial charge >= 0.3 is 5.97 Å². The Balaban J connectivity index is 2.79. The van der Waals surface area contributed by atoms with E-state index in [9.17, 15) is 19.5 Å². The lowest BCUT2D eigenvalue weighted by Gasteiger charge is -2.22. The number of hydrogen-bond acceptors (Lipinski definition) is 4. The molecule has 2 amide bonds. The monoisotopic (exact) mass is 313 g/mol. The van der Waals surface area contributed by atoms with Gasteiger partial charge in [0, 0.05) is 0 Å². The van der Waals surface area contributed by atoms with Crippen LogP contribution in [0.2, 0.25) is 0 Å². The molecule has 1 fully saturated rings. The summed E-state index contributed by atoms with van der Waals surface area (Å²) in [5.41, 5.74) is -1.88. The molecule has 0 saturated carbocycles. The number of carboxylic acids is 1. The van der Waals surface area contributed by atoms with Crippen LogP contribution < -0.4 is 5.32 Å². The molecule has 0 aromatic carbocycles. The standard InChI is InChI=1S/C7H8INO5/c8-3(1-5(11)12)7(14)2-4(10)9-6(7)13/h3,14H,1-2H2,(H,11,12)(H,9,10,13). The fraction of sp³-hybridized carbons (Fsp3) is 0.571. The van der Waals surface area contributed by atoms with Crippen LogP contribution in [0.3, 0.4) is 0 Å². The van der Waals surface area contributed by atoms with Crippen molar-refractivity contribution >= 4 is 40.4 Å². The fourth-order valence-electron chi connectivity index (χ4n) is 1.18. The molecule has 1 rings (SSSR count). The summed E-state index contributed by atoms with van der Waals surface area (Å²) in [6, 6.07) is 0. The third kappa shape index (κ3) is 2.03. The van der Waals surface area contributed by atoms with E-state index >= 15 is 0 Å². The Morgan fingerprint density at radius 2 is 2.21 bits per heavy atom. The maximum Gasteiger partial charge on any atom is 0.304 e. The lowest BCUT2D eigenvalue weighted by Crippen LogP contribution is -2.46. The lowest BCUT2D eigenvalue weighted by atomic mass is 9.96. The highest BCUT2D eigenvalue weighted by atomic mass is 127. The number of nitrogens with one attached hydrogen (secondary N) is 1. The molecule has 3 N–H and O–H groups in total. The Kier molecular flexibility index (Phi) is 3.10. The number of hydrogen-bond donors (Lipinski definition) is 3. The zero-order valence-electron chi connectivity index (χ0n) is 6.99. The first-order chi connectivity index (χ1) is 6.36. The van der Waals surface area contributed by atoms with Gasteiger partial charge in [-0.2, -0.15) is 0 Å². The molecule has 0 bridgehead atoms. The van der Waals surface area contributed by atoms with Crippen LogP contribution in [0.15, 0.2) is 0 Å². The van der Waals surface area contributed by atoms with E-state index in [0.29, 0.717) is 0 Å². The molecule has 1 heterocycles. The highest BCUT2D eigenvalue weighted by Gasteiger charge is 2.50. The van der Waals surface area contributed by atoms with Crippen molar-refractivity contribution in [1.29, 1.82) is 0 Å². The summed E-state index contributed by atoms with van der Waals surface area (Å²) in [4.78, 5) is 32.3. The number of carbonyl (C=O) groups is 3. The Bertz CT molecular complexity index is 304. The first-order valence-electron chi connectivity index (χ1n) is 3.79. The van der Waals surface area contributed by atoms with Crippen LogP contribution in [-0.2, 0) is 14.4 Å².